The van der Waals surface area contributed by atoms with Crippen molar-refractivity contribution in [1.29, 1.82) is 0 Å². The zero-order chi connectivity index (χ0) is 13.3. The SMILES string of the molecule is CN(CCS(C)(=O)=O)c1nc(C2CC2)c(C=O)s1. The van der Waals surface area contributed by atoms with Gasteiger partial charge >= 0.3 is 0 Å². The Labute approximate surface area is 111 Å². The van der Waals surface area contributed by atoms with Gasteiger partial charge in [0.05, 0.1) is 16.3 Å². The van der Waals surface area contributed by atoms with Crippen molar-refractivity contribution in [3.63, 3.8) is 0 Å². The maximum atomic E-state index is 11.1. The first-order valence-corrected chi connectivity index (χ1v) is 8.63. The lowest BCUT2D eigenvalue weighted by molar-refractivity contribution is 0.112. The summed E-state index contributed by atoms with van der Waals surface area (Å²) >= 11 is 1.34. The van der Waals surface area contributed by atoms with E-state index in [1.54, 1.807) is 11.9 Å². The molecule has 1 saturated carbocycles. The van der Waals surface area contributed by atoms with Crippen LogP contribution in [0.3, 0.4) is 0 Å². The summed E-state index contributed by atoms with van der Waals surface area (Å²) in [5, 5.41) is 0.725. The molecule has 0 bridgehead atoms. The Balaban J connectivity index is 2.10. The van der Waals surface area contributed by atoms with E-state index in [1.165, 1.54) is 17.6 Å². The van der Waals surface area contributed by atoms with Crippen molar-refractivity contribution in [2.45, 2.75) is 18.8 Å². The maximum Gasteiger partial charge on any atom is 0.185 e. The fourth-order valence-corrected chi connectivity index (χ4v) is 3.19. The van der Waals surface area contributed by atoms with Gasteiger partial charge in [-0.3, -0.25) is 4.79 Å². The molecule has 0 N–H and O–H groups in total. The number of thiazole rings is 1. The predicted molar refractivity (Wildman–Crippen MR) is 72.5 cm³/mol. The van der Waals surface area contributed by atoms with Crippen molar-refractivity contribution in [3.05, 3.63) is 10.6 Å². The Kier molecular flexibility index (Phi) is 3.72. The Hall–Kier alpha value is -0.950. The van der Waals surface area contributed by atoms with Crippen LogP contribution in [0.2, 0.25) is 0 Å². The minimum absolute atomic E-state index is 0.0955. The van der Waals surface area contributed by atoms with Crippen molar-refractivity contribution < 1.29 is 13.2 Å². The van der Waals surface area contributed by atoms with E-state index in [9.17, 15) is 13.2 Å². The van der Waals surface area contributed by atoms with E-state index in [4.69, 9.17) is 0 Å². The quantitative estimate of drug-likeness (QED) is 0.738. The van der Waals surface area contributed by atoms with Crippen LogP contribution in [0.15, 0.2) is 0 Å². The van der Waals surface area contributed by atoms with Crippen molar-refractivity contribution in [3.8, 4) is 0 Å². The second-order valence-corrected chi connectivity index (χ2v) is 7.96. The average molecular weight is 288 g/mol. The summed E-state index contributed by atoms with van der Waals surface area (Å²) in [6, 6.07) is 0. The van der Waals surface area contributed by atoms with E-state index in [1.807, 2.05) is 0 Å². The summed E-state index contributed by atoms with van der Waals surface area (Å²) in [4.78, 5) is 17.9. The normalized spacial score (nSPS) is 15.7. The molecule has 1 aliphatic rings. The summed E-state index contributed by atoms with van der Waals surface area (Å²) in [6.45, 7) is 0.398. The Bertz CT molecular complexity index is 547. The van der Waals surface area contributed by atoms with Gasteiger partial charge in [-0.25, -0.2) is 13.4 Å². The Morgan fingerprint density at radius 2 is 2.17 bits per heavy atom. The highest BCUT2D eigenvalue weighted by Gasteiger charge is 2.30. The summed E-state index contributed by atoms with van der Waals surface area (Å²) in [5.41, 5.74) is 0.885. The fourth-order valence-electron chi connectivity index (χ4n) is 1.63. The number of carbonyl (C=O) groups is 1. The highest BCUT2D eigenvalue weighted by molar-refractivity contribution is 7.90. The lowest BCUT2D eigenvalue weighted by Crippen LogP contribution is -2.24. The Morgan fingerprint density at radius 3 is 2.67 bits per heavy atom. The summed E-state index contributed by atoms with van der Waals surface area (Å²) < 4.78 is 22.2. The molecule has 0 saturated heterocycles. The van der Waals surface area contributed by atoms with Gasteiger partial charge in [0.1, 0.15) is 9.84 Å². The van der Waals surface area contributed by atoms with Crippen molar-refractivity contribution >= 4 is 32.6 Å². The molecule has 7 heteroatoms. The second kappa shape index (κ2) is 4.97. The number of rotatable bonds is 6. The third-order valence-corrected chi connectivity index (χ3v) is 4.90. The van der Waals surface area contributed by atoms with E-state index < -0.39 is 9.84 Å². The molecule has 1 fully saturated rings. The van der Waals surface area contributed by atoms with Crippen LogP contribution in [0.1, 0.15) is 34.1 Å². The van der Waals surface area contributed by atoms with Gasteiger partial charge < -0.3 is 4.90 Å². The van der Waals surface area contributed by atoms with Crippen LogP contribution in [0, 0.1) is 0 Å². The number of aromatic nitrogens is 1. The van der Waals surface area contributed by atoms with Crippen molar-refractivity contribution in [1.82, 2.24) is 4.98 Å². The zero-order valence-electron chi connectivity index (χ0n) is 10.4. The van der Waals surface area contributed by atoms with E-state index in [-0.39, 0.29) is 5.75 Å². The van der Waals surface area contributed by atoms with Crippen LogP contribution in [-0.2, 0) is 9.84 Å². The third-order valence-electron chi connectivity index (χ3n) is 2.86. The van der Waals surface area contributed by atoms with Gasteiger partial charge in [-0.2, -0.15) is 0 Å². The molecule has 0 aliphatic heterocycles. The summed E-state index contributed by atoms with van der Waals surface area (Å²) in [5.74, 6) is 0.525. The van der Waals surface area contributed by atoms with Crippen LogP contribution in [0.5, 0.6) is 0 Å². The first-order valence-electron chi connectivity index (χ1n) is 5.75. The molecular weight excluding hydrogens is 272 g/mol. The molecule has 1 heterocycles. The van der Waals surface area contributed by atoms with Crippen molar-refractivity contribution in [2.24, 2.45) is 0 Å². The van der Waals surface area contributed by atoms with Crippen LogP contribution in [0.4, 0.5) is 5.13 Å². The second-order valence-electron chi connectivity index (χ2n) is 4.69. The zero-order valence-corrected chi connectivity index (χ0v) is 12.1. The predicted octanol–water partition coefficient (Wildman–Crippen LogP) is 1.31. The van der Waals surface area contributed by atoms with E-state index >= 15 is 0 Å². The lowest BCUT2D eigenvalue weighted by atomic mass is 10.3. The topological polar surface area (TPSA) is 67.3 Å². The van der Waals surface area contributed by atoms with E-state index in [2.05, 4.69) is 4.98 Å². The van der Waals surface area contributed by atoms with Crippen LogP contribution in [-0.4, -0.2) is 45.3 Å². The molecule has 100 valence electrons. The molecule has 2 rings (SSSR count). The number of nitrogens with zero attached hydrogens (tertiary/aromatic N) is 2. The minimum Gasteiger partial charge on any atom is -0.350 e. The molecule has 0 spiro atoms. The molecule has 1 aliphatic carbocycles. The number of anilines is 1. The van der Waals surface area contributed by atoms with E-state index in [0.717, 1.165) is 30.0 Å². The van der Waals surface area contributed by atoms with Gasteiger partial charge in [-0.05, 0) is 12.8 Å². The first-order chi connectivity index (χ1) is 8.40. The largest absolute Gasteiger partial charge is 0.350 e. The lowest BCUT2D eigenvalue weighted by Gasteiger charge is -2.14. The van der Waals surface area contributed by atoms with Gasteiger partial charge in [0.2, 0.25) is 0 Å². The smallest absolute Gasteiger partial charge is 0.185 e. The van der Waals surface area contributed by atoms with Crippen molar-refractivity contribution in [2.75, 3.05) is 30.5 Å². The number of carbonyl (C=O) groups excluding carboxylic acids is 1. The highest BCUT2D eigenvalue weighted by Crippen LogP contribution is 2.43. The number of sulfone groups is 1. The molecule has 5 nitrogen and oxygen atoms in total. The molecule has 18 heavy (non-hydrogen) atoms. The van der Waals surface area contributed by atoms with Gasteiger partial charge in [0.25, 0.3) is 0 Å². The fraction of sp³-hybridized carbons (Fsp3) is 0.636. The van der Waals surface area contributed by atoms with Gasteiger partial charge in [0, 0.05) is 25.8 Å². The maximum absolute atomic E-state index is 11.1. The number of hydrogen-bond acceptors (Lipinski definition) is 6. The first kappa shape index (κ1) is 13.5. The standard InChI is InChI=1S/C11H16N2O3S2/c1-13(5-6-18(2,15)16)11-12-10(8-3-4-8)9(7-14)17-11/h7-8H,3-6H2,1-2H3. The van der Waals surface area contributed by atoms with Crippen LogP contribution < -0.4 is 4.90 Å². The highest BCUT2D eigenvalue weighted by atomic mass is 32.2. The number of aldehydes is 1. The monoisotopic (exact) mass is 288 g/mol. The third kappa shape index (κ3) is 3.29. The molecule has 0 aromatic carbocycles. The molecule has 0 radical (unpaired) electrons. The minimum atomic E-state index is -2.97. The summed E-state index contributed by atoms with van der Waals surface area (Å²) in [6.07, 6.45) is 4.25. The number of hydrogen-bond donors (Lipinski definition) is 0. The molecule has 1 aromatic rings. The molecule has 1 aromatic heterocycles. The van der Waals surface area contributed by atoms with Crippen LogP contribution >= 0.6 is 11.3 Å². The Morgan fingerprint density at radius 1 is 1.50 bits per heavy atom. The van der Waals surface area contributed by atoms with Crippen LogP contribution in [0.25, 0.3) is 0 Å². The average Bonchev–Trinajstić information content (AvgIpc) is 3.04. The molecule has 0 unspecified atom stereocenters. The van der Waals surface area contributed by atoms with Gasteiger partial charge in [-0.1, -0.05) is 11.3 Å². The van der Waals surface area contributed by atoms with E-state index in [0.29, 0.717) is 17.3 Å². The molecule has 0 atom stereocenters. The van der Waals surface area contributed by atoms with Gasteiger partial charge in [0.15, 0.2) is 11.4 Å². The summed E-state index contributed by atoms with van der Waals surface area (Å²) in [7, 11) is -1.17. The molecular formula is C11H16N2O3S2. The molecule has 0 amide bonds. The van der Waals surface area contributed by atoms with Gasteiger partial charge in [-0.15, -0.1) is 0 Å².